The van der Waals surface area contributed by atoms with Crippen molar-refractivity contribution >= 4 is 11.6 Å². The number of methoxy groups -OCH3 is 1. The number of Topliss-reactive ketones (excluding diaryl/α,β-unsaturated/α-hetero) is 2. The molecule has 0 unspecified atom stereocenters. The molecule has 3 aromatic carbocycles. The SMILES string of the molecule is CCCC(=O)c1cc(Oc2ccc(C(C)(C)c3ccc(OC)cc3)cc2)ccc1C(C)=O. The Hall–Kier alpha value is -3.40. The Kier molecular flexibility index (Phi) is 7.14. The van der Waals surface area contributed by atoms with Crippen molar-refractivity contribution in [3.63, 3.8) is 0 Å². The van der Waals surface area contributed by atoms with Crippen LogP contribution in [0.2, 0.25) is 0 Å². The minimum absolute atomic E-state index is 0.0419. The molecule has 32 heavy (non-hydrogen) atoms. The number of carbonyl (C=O) groups is 2. The van der Waals surface area contributed by atoms with E-state index in [1.807, 2.05) is 43.3 Å². The highest BCUT2D eigenvalue weighted by atomic mass is 16.5. The van der Waals surface area contributed by atoms with Gasteiger partial charge in [-0.1, -0.05) is 45.0 Å². The first kappa shape index (κ1) is 23.3. The Morgan fingerprint density at radius 3 is 1.81 bits per heavy atom. The third kappa shape index (κ3) is 5.08. The molecule has 0 aliphatic carbocycles. The normalized spacial score (nSPS) is 11.2. The molecule has 0 radical (unpaired) electrons. The fourth-order valence-electron chi connectivity index (χ4n) is 3.74. The lowest BCUT2D eigenvalue weighted by atomic mass is 9.78. The Morgan fingerprint density at radius 1 is 0.781 bits per heavy atom. The minimum atomic E-state index is -0.187. The molecule has 0 atom stereocenters. The summed E-state index contributed by atoms with van der Waals surface area (Å²) in [6.45, 7) is 7.77. The molecule has 166 valence electrons. The van der Waals surface area contributed by atoms with E-state index in [1.54, 1.807) is 25.3 Å². The van der Waals surface area contributed by atoms with Gasteiger partial charge in [0, 0.05) is 23.0 Å². The van der Waals surface area contributed by atoms with E-state index >= 15 is 0 Å². The van der Waals surface area contributed by atoms with Crippen molar-refractivity contribution in [2.45, 2.75) is 46.0 Å². The average Bonchev–Trinajstić information content (AvgIpc) is 2.79. The molecule has 4 heteroatoms. The molecule has 3 aromatic rings. The molecule has 0 amide bonds. The predicted octanol–water partition coefficient (Wildman–Crippen LogP) is 7.00. The molecule has 3 rings (SSSR count). The maximum absolute atomic E-state index is 12.5. The van der Waals surface area contributed by atoms with Crippen LogP contribution in [0, 0.1) is 0 Å². The molecule has 0 spiro atoms. The van der Waals surface area contributed by atoms with E-state index in [4.69, 9.17) is 9.47 Å². The molecule has 4 nitrogen and oxygen atoms in total. The van der Waals surface area contributed by atoms with Crippen LogP contribution in [0.25, 0.3) is 0 Å². The molecule has 0 aromatic heterocycles. The Labute approximate surface area is 190 Å². The summed E-state index contributed by atoms with van der Waals surface area (Å²) in [7, 11) is 1.66. The van der Waals surface area contributed by atoms with Gasteiger partial charge in [0.25, 0.3) is 0 Å². The molecule has 0 aliphatic heterocycles. The van der Waals surface area contributed by atoms with Gasteiger partial charge in [0.15, 0.2) is 11.6 Å². The van der Waals surface area contributed by atoms with Gasteiger partial charge in [-0.25, -0.2) is 0 Å². The van der Waals surface area contributed by atoms with Crippen molar-refractivity contribution in [2.75, 3.05) is 7.11 Å². The predicted molar refractivity (Wildman–Crippen MR) is 127 cm³/mol. The molecule has 0 N–H and O–H groups in total. The van der Waals surface area contributed by atoms with Crippen LogP contribution >= 0.6 is 0 Å². The summed E-state index contributed by atoms with van der Waals surface area (Å²) in [6, 6.07) is 21.1. The van der Waals surface area contributed by atoms with Crippen molar-refractivity contribution < 1.29 is 19.1 Å². The topological polar surface area (TPSA) is 52.6 Å². The van der Waals surface area contributed by atoms with Crippen LogP contribution in [-0.2, 0) is 5.41 Å². The maximum atomic E-state index is 12.5. The van der Waals surface area contributed by atoms with Crippen LogP contribution in [0.15, 0.2) is 66.7 Å². The van der Waals surface area contributed by atoms with Crippen LogP contribution in [0.1, 0.15) is 72.4 Å². The van der Waals surface area contributed by atoms with E-state index in [0.717, 1.165) is 17.7 Å². The fraction of sp³-hybridized carbons (Fsp3) is 0.286. The van der Waals surface area contributed by atoms with Gasteiger partial charge in [-0.15, -0.1) is 0 Å². The van der Waals surface area contributed by atoms with Crippen molar-refractivity contribution in [2.24, 2.45) is 0 Å². The summed E-state index contributed by atoms with van der Waals surface area (Å²) < 4.78 is 11.3. The number of rotatable bonds is 9. The smallest absolute Gasteiger partial charge is 0.163 e. The number of benzene rings is 3. The number of ether oxygens (including phenoxy) is 2. The third-order valence-corrected chi connectivity index (χ3v) is 5.77. The van der Waals surface area contributed by atoms with E-state index in [9.17, 15) is 9.59 Å². The zero-order valence-electron chi connectivity index (χ0n) is 19.4. The third-order valence-electron chi connectivity index (χ3n) is 5.77. The van der Waals surface area contributed by atoms with Gasteiger partial charge < -0.3 is 9.47 Å². The van der Waals surface area contributed by atoms with Crippen molar-refractivity contribution in [1.29, 1.82) is 0 Å². The first-order valence-corrected chi connectivity index (χ1v) is 10.9. The van der Waals surface area contributed by atoms with Crippen LogP contribution in [0.3, 0.4) is 0 Å². The van der Waals surface area contributed by atoms with Crippen LogP contribution < -0.4 is 9.47 Å². The Balaban J connectivity index is 1.82. The van der Waals surface area contributed by atoms with Gasteiger partial charge in [-0.05, 0) is 66.9 Å². The van der Waals surface area contributed by atoms with E-state index in [0.29, 0.717) is 29.0 Å². The summed E-state index contributed by atoms with van der Waals surface area (Å²) in [5.41, 5.74) is 3.02. The summed E-state index contributed by atoms with van der Waals surface area (Å²) >= 11 is 0. The van der Waals surface area contributed by atoms with Crippen molar-refractivity contribution in [3.8, 4) is 17.2 Å². The second kappa shape index (κ2) is 9.82. The quantitative estimate of drug-likeness (QED) is 0.343. The van der Waals surface area contributed by atoms with Crippen LogP contribution in [-0.4, -0.2) is 18.7 Å². The van der Waals surface area contributed by atoms with Crippen molar-refractivity contribution in [3.05, 3.63) is 89.0 Å². The van der Waals surface area contributed by atoms with E-state index < -0.39 is 0 Å². The maximum Gasteiger partial charge on any atom is 0.163 e. The molecule has 0 saturated heterocycles. The number of hydrogen-bond acceptors (Lipinski definition) is 4. The lowest BCUT2D eigenvalue weighted by molar-refractivity contribution is 0.0961. The van der Waals surface area contributed by atoms with Gasteiger partial charge in [0.1, 0.15) is 17.2 Å². The highest BCUT2D eigenvalue weighted by Gasteiger charge is 2.23. The first-order valence-electron chi connectivity index (χ1n) is 10.9. The van der Waals surface area contributed by atoms with E-state index in [-0.39, 0.29) is 17.0 Å². The van der Waals surface area contributed by atoms with Crippen molar-refractivity contribution in [1.82, 2.24) is 0 Å². The molecular weight excluding hydrogens is 400 g/mol. The number of ketones is 2. The van der Waals surface area contributed by atoms with Gasteiger partial charge in [0.05, 0.1) is 7.11 Å². The molecule has 0 bridgehead atoms. The zero-order valence-corrected chi connectivity index (χ0v) is 19.4. The highest BCUT2D eigenvalue weighted by molar-refractivity contribution is 6.08. The summed E-state index contributed by atoms with van der Waals surface area (Å²) in [4.78, 5) is 24.4. The second-order valence-corrected chi connectivity index (χ2v) is 8.42. The highest BCUT2D eigenvalue weighted by Crippen LogP contribution is 2.34. The monoisotopic (exact) mass is 430 g/mol. The van der Waals surface area contributed by atoms with Gasteiger partial charge in [0.2, 0.25) is 0 Å². The number of hydrogen-bond donors (Lipinski definition) is 0. The lowest BCUT2D eigenvalue weighted by Crippen LogP contribution is -2.18. The van der Waals surface area contributed by atoms with Crippen LogP contribution in [0.4, 0.5) is 0 Å². The largest absolute Gasteiger partial charge is 0.497 e. The zero-order chi connectivity index (χ0) is 23.3. The first-order chi connectivity index (χ1) is 15.3. The molecule has 0 fully saturated rings. The van der Waals surface area contributed by atoms with Gasteiger partial charge in [-0.2, -0.15) is 0 Å². The van der Waals surface area contributed by atoms with Gasteiger partial charge in [-0.3, -0.25) is 9.59 Å². The van der Waals surface area contributed by atoms with E-state index in [1.165, 1.54) is 12.5 Å². The fourth-order valence-corrected chi connectivity index (χ4v) is 3.74. The summed E-state index contributed by atoms with van der Waals surface area (Å²) in [6.07, 6.45) is 1.13. The van der Waals surface area contributed by atoms with Crippen LogP contribution in [0.5, 0.6) is 17.2 Å². The van der Waals surface area contributed by atoms with Gasteiger partial charge >= 0.3 is 0 Å². The Morgan fingerprint density at radius 2 is 1.31 bits per heavy atom. The second-order valence-electron chi connectivity index (χ2n) is 8.42. The summed E-state index contributed by atoms with van der Waals surface area (Å²) in [5, 5.41) is 0. The minimum Gasteiger partial charge on any atom is -0.497 e. The molecular formula is C28H30O4. The Bertz CT molecular complexity index is 1090. The summed E-state index contributed by atoms with van der Waals surface area (Å²) in [5.74, 6) is 1.88. The standard InChI is InChI=1S/C28H30O4/c1-6-7-27(30)26-18-24(16-17-25(26)19(2)29)32-23-14-10-21(11-15-23)28(3,4)20-8-12-22(31-5)13-9-20/h8-18H,6-7H2,1-5H3. The number of carbonyl (C=O) groups excluding carboxylic acids is 2. The molecule has 0 aliphatic rings. The molecule has 0 heterocycles. The molecule has 0 saturated carbocycles. The lowest BCUT2D eigenvalue weighted by Gasteiger charge is -2.26. The average molecular weight is 431 g/mol. The van der Waals surface area contributed by atoms with E-state index in [2.05, 4.69) is 26.0 Å².